The first kappa shape index (κ1) is 33.3. The predicted molar refractivity (Wildman–Crippen MR) is 249 cm³/mol. The molecular weight excluding hydrogens is 717 g/mol. The van der Waals surface area contributed by atoms with Crippen molar-refractivity contribution in [2.45, 2.75) is 0 Å². The lowest BCUT2D eigenvalue weighted by Gasteiger charge is -2.30. The van der Waals surface area contributed by atoms with Gasteiger partial charge in [0.1, 0.15) is 11.2 Å². The van der Waals surface area contributed by atoms with Crippen molar-refractivity contribution in [3.05, 3.63) is 218 Å². The average Bonchev–Trinajstić information content (AvgIpc) is 3.84. The molecule has 0 amide bonds. The largest absolute Gasteiger partial charge is 0.455 e. The quantitative estimate of drug-likeness (QED) is 0.169. The molecule has 0 saturated carbocycles. The molecule has 0 aliphatic carbocycles. The van der Waals surface area contributed by atoms with Gasteiger partial charge in [0.15, 0.2) is 0 Å². The van der Waals surface area contributed by atoms with Crippen molar-refractivity contribution in [1.29, 1.82) is 0 Å². The highest BCUT2D eigenvalue weighted by molar-refractivity contribution is 6.14. The number of aromatic nitrogens is 1. The lowest BCUT2D eigenvalue weighted by Crippen LogP contribution is -2.14. The standard InChI is InChI=1S/C56H36N2O/c1-2-17-40-36-55-49(35-39(40)16-1)48-25-14-24-47(56(48)59-55)46-22-7-8-26-50(46)57(41-33-31-38(32-34-41)43-23-13-18-37-15-3-4-19-42(37)43)53-29-11-12-30-54(53)58-51-27-9-5-20-44(51)45-21-6-10-28-52(45)58/h1-36H. The van der Waals surface area contributed by atoms with E-state index in [0.29, 0.717) is 0 Å². The third-order valence-electron chi connectivity index (χ3n) is 12.0. The van der Waals surface area contributed by atoms with E-state index in [1.54, 1.807) is 0 Å². The zero-order valence-corrected chi connectivity index (χ0v) is 32.1. The summed E-state index contributed by atoms with van der Waals surface area (Å²) in [5, 5.41) is 9.53. The molecule has 3 nitrogen and oxygen atoms in total. The Morgan fingerprint density at radius 1 is 0.356 bits per heavy atom. The van der Waals surface area contributed by atoms with Gasteiger partial charge in [-0.05, 0) is 87.3 Å². The number of benzene rings is 10. The SMILES string of the molecule is c1ccc(N(c2ccc(-c3cccc4ccccc34)cc2)c2ccccc2-n2c3ccccc3c3ccccc32)c(-c2cccc3c2oc2cc4ccccc4cc23)c1. The lowest BCUT2D eigenvalue weighted by atomic mass is 9.97. The Bertz CT molecular complexity index is 3510. The van der Waals surface area contributed by atoms with Crippen LogP contribution in [0.1, 0.15) is 0 Å². The van der Waals surface area contributed by atoms with Crippen LogP contribution >= 0.6 is 0 Å². The van der Waals surface area contributed by atoms with Crippen LogP contribution < -0.4 is 4.90 Å². The smallest absolute Gasteiger partial charge is 0.143 e. The molecule has 0 aliphatic heterocycles. The summed E-state index contributed by atoms with van der Waals surface area (Å²) < 4.78 is 9.27. The van der Waals surface area contributed by atoms with Gasteiger partial charge < -0.3 is 13.9 Å². The fourth-order valence-electron chi connectivity index (χ4n) is 9.29. The van der Waals surface area contributed by atoms with Gasteiger partial charge in [-0.15, -0.1) is 0 Å². The summed E-state index contributed by atoms with van der Waals surface area (Å²) in [6.45, 7) is 0. The van der Waals surface area contributed by atoms with Crippen molar-refractivity contribution >= 4 is 82.4 Å². The minimum atomic E-state index is 0.882. The highest BCUT2D eigenvalue weighted by atomic mass is 16.3. The number of nitrogens with zero attached hydrogens (tertiary/aromatic N) is 2. The van der Waals surface area contributed by atoms with Crippen LogP contribution in [0.5, 0.6) is 0 Å². The molecule has 10 aromatic carbocycles. The third-order valence-corrected chi connectivity index (χ3v) is 12.0. The minimum absolute atomic E-state index is 0.882. The van der Waals surface area contributed by atoms with E-state index in [9.17, 15) is 0 Å². The molecule has 0 spiro atoms. The second kappa shape index (κ2) is 13.4. The van der Waals surface area contributed by atoms with Crippen molar-refractivity contribution in [1.82, 2.24) is 4.57 Å². The molecule has 0 bridgehead atoms. The molecule has 3 heteroatoms. The maximum atomic E-state index is 6.85. The van der Waals surface area contributed by atoms with E-state index in [0.717, 1.165) is 55.8 Å². The van der Waals surface area contributed by atoms with E-state index in [1.807, 2.05) is 0 Å². The van der Waals surface area contributed by atoms with Gasteiger partial charge in [-0.2, -0.15) is 0 Å². The molecule has 276 valence electrons. The van der Waals surface area contributed by atoms with Crippen molar-refractivity contribution in [2.24, 2.45) is 0 Å². The summed E-state index contributed by atoms with van der Waals surface area (Å²) in [4.78, 5) is 2.43. The first-order chi connectivity index (χ1) is 29.3. The van der Waals surface area contributed by atoms with E-state index in [4.69, 9.17) is 4.42 Å². The van der Waals surface area contributed by atoms with Gasteiger partial charge in [0.2, 0.25) is 0 Å². The van der Waals surface area contributed by atoms with Gasteiger partial charge in [0, 0.05) is 38.4 Å². The second-order valence-electron chi connectivity index (χ2n) is 15.3. The number of furan rings is 1. The zero-order chi connectivity index (χ0) is 38.9. The van der Waals surface area contributed by atoms with Crippen LogP contribution in [0.15, 0.2) is 223 Å². The predicted octanol–water partition coefficient (Wildman–Crippen LogP) is 15.8. The first-order valence-electron chi connectivity index (χ1n) is 20.2. The Kier molecular flexibility index (Phi) is 7.54. The number of hydrogen-bond acceptors (Lipinski definition) is 2. The normalized spacial score (nSPS) is 11.7. The lowest BCUT2D eigenvalue weighted by molar-refractivity contribution is 0.670. The fourth-order valence-corrected chi connectivity index (χ4v) is 9.29. The molecule has 2 aromatic heterocycles. The van der Waals surface area contributed by atoms with Gasteiger partial charge in [0.05, 0.1) is 28.1 Å². The molecule has 0 radical (unpaired) electrons. The van der Waals surface area contributed by atoms with Crippen LogP contribution in [0.25, 0.3) is 93.2 Å². The fraction of sp³-hybridized carbons (Fsp3) is 0. The van der Waals surface area contributed by atoms with Crippen molar-refractivity contribution in [3.63, 3.8) is 0 Å². The Labute approximate surface area is 341 Å². The van der Waals surface area contributed by atoms with Crippen molar-refractivity contribution in [2.75, 3.05) is 4.90 Å². The van der Waals surface area contributed by atoms with Crippen molar-refractivity contribution in [3.8, 4) is 27.9 Å². The van der Waals surface area contributed by atoms with Crippen LogP contribution in [0, 0.1) is 0 Å². The van der Waals surface area contributed by atoms with E-state index in [-0.39, 0.29) is 0 Å². The number of hydrogen-bond donors (Lipinski definition) is 0. The number of para-hydroxylation sites is 6. The highest BCUT2D eigenvalue weighted by Gasteiger charge is 2.24. The molecule has 12 aromatic rings. The van der Waals surface area contributed by atoms with Gasteiger partial charge in [-0.1, -0.05) is 164 Å². The molecule has 2 heterocycles. The topological polar surface area (TPSA) is 21.3 Å². The molecule has 12 rings (SSSR count). The summed E-state index contributed by atoms with van der Waals surface area (Å²) in [6, 6.07) is 78.7. The monoisotopic (exact) mass is 752 g/mol. The Hall–Kier alpha value is -7.88. The summed E-state index contributed by atoms with van der Waals surface area (Å²) in [5.74, 6) is 0. The van der Waals surface area contributed by atoms with E-state index >= 15 is 0 Å². The second-order valence-corrected chi connectivity index (χ2v) is 15.3. The van der Waals surface area contributed by atoms with E-state index in [1.165, 1.54) is 54.5 Å². The average molecular weight is 753 g/mol. The highest BCUT2D eigenvalue weighted by Crippen LogP contribution is 2.47. The Morgan fingerprint density at radius 3 is 1.68 bits per heavy atom. The van der Waals surface area contributed by atoms with E-state index < -0.39 is 0 Å². The maximum Gasteiger partial charge on any atom is 0.143 e. The third kappa shape index (κ3) is 5.29. The summed E-state index contributed by atoms with van der Waals surface area (Å²) in [5.41, 5.74) is 12.9. The van der Waals surface area contributed by atoms with Crippen LogP contribution in [-0.2, 0) is 0 Å². The van der Waals surface area contributed by atoms with Crippen LogP contribution in [0.2, 0.25) is 0 Å². The van der Waals surface area contributed by atoms with Crippen LogP contribution in [0.3, 0.4) is 0 Å². The molecule has 0 unspecified atom stereocenters. The van der Waals surface area contributed by atoms with Gasteiger partial charge in [0.25, 0.3) is 0 Å². The summed E-state index contributed by atoms with van der Waals surface area (Å²) in [6.07, 6.45) is 0. The molecule has 0 saturated heterocycles. The maximum absolute atomic E-state index is 6.85. The molecular formula is C56H36N2O. The Morgan fingerprint density at radius 2 is 0.898 bits per heavy atom. The van der Waals surface area contributed by atoms with Crippen molar-refractivity contribution < 1.29 is 4.42 Å². The minimum Gasteiger partial charge on any atom is -0.455 e. The van der Waals surface area contributed by atoms with Crippen LogP contribution in [-0.4, -0.2) is 4.57 Å². The van der Waals surface area contributed by atoms with E-state index in [2.05, 4.69) is 228 Å². The van der Waals surface area contributed by atoms with Crippen LogP contribution in [0.4, 0.5) is 17.1 Å². The number of anilines is 3. The first-order valence-corrected chi connectivity index (χ1v) is 20.2. The Balaban J connectivity index is 1.11. The van der Waals surface area contributed by atoms with Gasteiger partial charge in [-0.3, -0.25) is 0 Å². The zero-order valence-electron chi connectivity index (χ0n) is 32.1. The molecule has 59 heavy (non-hydrogen) atoms. The molecule has 0 aliphatic rings. The molecule has 0 fully saturated rings. The summed E-state index contributed by atoms with van der Waals surface area (Å²) in [7, 11) is 0. The molecule has 0 N–H and O–H groups in total. The molecule has 0 atom stereocenters. The number of fused-ring (bicyclic) bond motifs is 8. The van der Waals surface area contributed by atoms with Gasteiger partial charge in [-0.25, -0.2) is 0 Å². The summed E-state index contributed by atoms with van der Waals surface area (Å²) >= 11 is 0. The number of rotatable bonds is 6. The van der Waals surface area contributed by atoms with Gasteiger partial charge >= 0.3 is 0 Å².